The quantitative estimate of drug-likeness (QED) is 0.858. The number of carboxylic acid groups (broad SMARTS) is 1. The molecule has 19 heavy (non-hydrogen) atoms. The number of hydrogen-bond acceptors (Lipinski definition) is 4. The largest absolute Gasteiger partial charge is 0.480 e. The van der Waals surface area contributed by atoms with E-state index in [1.165, 1.54) is 4.57 Å². The van der Waals surface area contributed by atoms with Gasteiger partial charge in [0.1, 0.15) is 12.6 Å². The fourth-order valence-corrected chi connectivity index (χ4v) is 2.33. The van der Waals surface area contributed by atoms with Gasteiger partial charge in [0.05, 0.1) is 0 Å². The maximum absolute atomic E-state index is 11.8. The lowest BCUT2D eigenvalue weighted by molar-refractivity contribution is -0.145. The average Bonchev–Trinajstić information content (AvgIpc) is 2.55. The lowest BCUT2D eigenvalue weighted by atomic mass is 9.87. The zero-order valence-electron chi connectivity index (χ0n) is 11.4. The molecule has 0 aliphatic rings. The number of aromatic nitrogens is 1. The van der Waals surface area contributed by atoms with E-state index in [2.05, 4.69) is 5.32 Å². The molecule has 1 atom stereocenters. The Bertz CT molecular complexity index is 539. The molecule has 1 amide bonds. The van der Waals surface area contributed by atoms with E-state index in [-0.39, 0.29) is 11.4 Å². The summed E-state index contributed by atoms with van der Waals surface area (Å²) in [6.07, 6.45) is 0. The third-order valence-electron chi connectivity index (χ3n) is 2.70. The van der Waals surface area contributed by atoms with Crippen LogP contribution in [0.1, 0.15) is 26.5 Å². The highest BCUT2D eigenvalue weighted by molar-refractivity contribution is 7.07. The van der Waals surface area contributed by atoms with Crippen LogP contribution in [0.3, 0.4) is 0 Å². The minimum absolute atomic E-state index is 0.159. The molecule has 2 N–H and O–H groups in total. The van der Waals surface area contributed by atoms with Crippen molar-refractivity contribution < 1.29 is 14.7 Å². The van der Waals surface area contributed by atoms with E-state index in [0.29, 0.717) is 5.69 Å². The topological polar surface area (TPSA) is 88.4 Å². The van der Waals surface area contributed by atoms with Crippen LogP contribution in [0.5, 0.6) is 0 Å². The van der Waals surface area contributed by atoms with Crippen molar-refractivity contribution in [2.45, 2.75) is 40.3 Å². The van der Waals surface area contributed by atoms with Gasteiger partial charge >= 0.3 is 10.8 Å². The second-order valence-corrected chi connectivity index (χ2v) is 6.25. The van der Waals surface area contributed by atoms with Gasteiger partial charge in [-0.2, -0.15) is 0 Å². The first-order valence-corrected chi connectivity index (χ1v) is 6.68. The van der Waals surface area contributed by atoms with Crippen molar-refractivity contribution in [2.24, 2.45) is 5.41 Å². The van der Waals surface area contributed by atoms with Crippen molar-refractivity contribution in [1.82, 2.24) is 9.88 Å². The van der Waals surface area contributed by atoms with Crippen LogP contribution in [-0.2, 0) is 16.1 Å². The molecule has 0 unspecified atom stereocenters. The highest BCUT2D eigenvalue weighted by Gasteiger charge is 2.32. The van der Waals surface area contributed by atoms with E-state index in [9.17, 15) is 14.4 Å². The van der Waals surface area contributed by atoms with Crippen molar-refractivity contribution >= 4 is 23.2 Å². The summed E-state index contributed by atoms with van der Waals surface area (Å²) in [5, 5.41) is 13.2. The maximum atomic E-state index is 11.8. The first-order chi connectivity index (χ1) is 8.62. The van der Waals surface area contributed by atoms with Gasteiger partial charge in [0.25, 0.3) is 0 Å². The molecule has 1 rings (SSSR count). The highest BCUT2D eigenvalue weighted by atomic mass is 32.1. The molecule has 0 fully saturated rings. The number of aliphatic carboxylic acids is 1. The average molecular weight is 286 g/mol. The highest BCUT2D eigenvalue weighted by Crippen LogP contribution is 2.19. The number of aryl methyl sites for hydroxylation is 1. The lowest BCUT2D eigenvalue weighted by Crippen LogP contribution is -2.50. The van der Waals surface area contributed by atoms with Gasteiger partial charge in [-0.25, -0.2) is 4.79 Å². The van der Waals surface area contributed by atoms with E-state index in [1.807, 2.05) is 0 Å². The molecule has 1 aromatic rings. The van der Waals surface area contributed by atoms with E-state index in [1.54, 1.807) is 33.1 Å². The van der Waals surface area contributed by atoms with E-state index in [0.717, 1.165) is 11.3 Å². The van der Waals surface area contributed by atoms with Gasteiger partial charge < -0.3 is 10.4 Å². The molecule has 106 valence electrons. The Morgan fingerprint density at radius 3 is 2.42 bits per heavy atom. The summed E-state index contributed by atoms with van der Waals surface area (Å²) < 4.78 is 1.32. The number of nitrogens with one attached hydrogen (secondary N) is 1. The predicted molar refractivity (Wildman–Crippen MR) is 72.3 cm³/mol. The number of hydrogen-bond donors (Lipinski definition) is 2. The number of nitrogens with zero attached hydrogens (tertiary/aromatic N) is 1. The predicted octanol–water partition coefficient (Wildman–Crippen LogP) is 0.834. The molecule has 0 saturated carbocycles. The fraction of sp³-hybridized carbons (Fsp3) is 0.583. The standard InChI is InChI=1S/C12H18N2O4S/c1-7-6-19-11(18)14(7)5-8(15)13-9(10(16)17)12(2,3)4/h6,9H,5H2,1-4H3,(H,13,15)(H,16,17)/t9-/m0/s1. The molecular formula is C12H18N2O4S. The van der Waals surface area contributed by atoms with Crippen LogP contribution >= 0.6 is 11.3 Å². The van der Waals surface area contributed by atoms with Crippen molar-refractivity contribution in [3.63, 3.8) is 0 Å². The molecule has 0 spiro atoms. The second-order valence-electron chi connectivity index (χ2n) is 5.43. The second kappa shape index (κ2) is 5.56. The Morgan fingerprint density at radius 2 is 2.05 bits per heavy atom. The third-order valence-corrected chi connectivity index (χ3v) is 3.58. The number of thiazole rings is 1. The SMILES string of the molecule is Cc1csc(=O)n1CC(=O)N[C@@H](C(=O)O)C(C)(C)C. The first kappa shape index (κ1) is 15.4. The van der Waals surface area contributed by atoms with Crippen LogP contribution in [-0.4, -0.2) is 27.6 Å². The van der Waals surface area contributed by atoms with Crippen LogP contribution in [0.25, 0.3) is 0 Å². The molecule has 0 bridgehead atoms. The summed E-state index contributed by atoms with van der Waals surface area (Å²) in [5.74, 6) is -1.57. The summed E-state index contributed by atoms with van der Waals surface area (Å²) in [6.45, 7) is 6.76. The Hall–Kier alpha value is -1.63. The number of carbonyl (C=O) groups excluding carboxylic acids is 1. The first-order valence-electron chi connectivity index (χ1n) is 5.80. The van der Waals surface area contributed by atoms with Gasteiger partial charge in [0.2, 0.25) is 5.91 Å². The Morgan fingerprint density at radius 1 is 1.47 bits per heavy atom. The summed E-state index contributed by atoms with van der Waals surface area (Å²) in [6, 6.07) is -0.991. The van der Waals surface area contributed by atoms with Crippen molar-refractivity contribution in [1.29, 1.82) is 0 Å². The maximum Gasteiger partial charge on any atom is 0.326 e. The number of carbonyl (C=O) groups is 2. The molecule has 0 aliphatic heterocycles. The van der Waals surface area contributed by atoms with Crippen molar-refractivity contribution in [2.75, 3.05) is 0 Å². The molecule has 7 heteroatoms. The molecular weight excluding hydrogens is 268 g/mol. The minimum Gasteiger partial charge on any atom is -0.480 e. The summed E-state index contributed by atoms with van der Waals surface area (Å²) in [4.78, 5) is 34.2. The Balaban J connectivity index is 2.80. The summed E-state index contributed by atoms with van der Waals surface area (Å²) >= 11 is 1.01. The van der Waals surface area contributed by atoms with Gasteiger partial charge in [-0.15, -0.1) is 0 Å². The number of carboxylic acids is 1. The molecule has 0 aromatic carbocycles. The number of amides is 1. The molecule has 0 aliphatic carbocycles. The molecule has 1 heterocycles. The molecule has 0 radical (unpaired) electrons. The zero-order valence-corrected chi connectivity index (χ0v) is 12.2. The van der Waals surface area contributed by atoms with E-state index >= 15 is 0 Å². The smallest absolute Gasteiger partial charge is 0.326 e. The molecule has 1 aromatic heterocycles. The molecule has 6 nitrogen and oxygen atoms in total. The fourth-order valence-electron chi connectivity index (χ4n) is 1.60. The monoisotopic (exact) mass is 286 g/mol. The van der Waals surface area contributed by atoms with Gasteiger partial charge in [-0.3, -0.25) is 14.2 Å². The van der Waals surface area contributed by atoms with E-state index < -0.39 is 23.3 Å². The van der Waals surface area contributed by atoms with Gasteiger partial charge in [-0.1, -0.05) is 32.1 Å². The van der Waals surface area contributed by atoms with E-state index in [4.69, 9.17) is 5.11 Å². The minimum atomic E-state index is -1.09. The van der Waals surface area contributed by atoms with Crippen LogP contribution in [0, 0.1) is 12.3 Å². The zero-order chi connectivity index (χ0) is 14.8. The van der Waals surface area contributed by atoms with Crippen LogP contribution in [0.2, 0.25) is 0 Å². The van der Waals surface area contributed by atoms with Gasteiger partial charge in [0.15, 0.2) is 0 Å². The number of rotatable bonds is 4. The summed E-state index contributed by atoms with van der Waals surface area (Å²) in [7, 11) is 0. The third kappa shape index (κ3) is 3.92. The normalized spacial score (nSPS) is 13.1. The van der Waals surface area contributed by atoms with Crippen LogP contribution in [0.15, 0.2) is 10.2 Å². The van der Waals surface area contributed by atoms with Crippen molar-refractivity contribution in [3.8, 4) is 0 Å². The summed E-state index contributed by atoms with van der Waals surface area (Å²) in [5.41, 5.74) is 0.0867. The molecule has 0 saturated heterocycles. The lowest BCUT2D eigenvalue weighted by Gasteiger charge is -2.27. The Labute approximate surface area is 115 Å². The van der Waals surface area contributed by atoms with Crippen LogP contribution in [0.4, 0.5) is 0 Å². The van der Waals surface area contributed by atoms with Gasteiger partial charge in [0, 0.05) is 11.1 Å². The van der Waals surface area contributed by atoms with Gasteiger partial charge in [-0.05, 0) is 12.3 Å². The Kier molecular flexibility index (Phi) is 4.52. The van der Waals surface area contributed by atoms with Crippen LogP contribution < -0.4 is 10.2 Å². The van der Waals surface area contributed by atoms with Crippen molar-refractivity contribution in [3.05, 3.63) is 20.7 Å².